The minimum Gasteiger partial charge on any atom is -0.285 e. The normalized spacial score (nSPS) is 15.9. The maximum atomic E-state index is 14.1. The number of carbonyl (C=O) groups excluding carboxylic acids is 1. The number of halogens is 2. The standard InChI is InChI=1S/C25H21BrFN3OS/c26-18-6-4-5-16(13-18)24-20-9-8-19(27)15-23(20)32-22-10-7-17(14-21(22)28-24)25(31)29-30-11-2-1-3-12-30/h4-10,13-15H,1-3,11-12H2,(H,29,31). The molecule has 0 saturated carbocycles. The van der Waals surface area contributed by atoms with Crippen LogP contribution in [0.5, 0.6) is 0 Å². The predicted molar refractivity (Wildman–Crippen MR) is 129 cm³/mol. The maximum Gasteiger partial charge on any atom is 0.265 e. The van der Waals surface area contributed by atoms with Gasteiger partial charge in [0, 0.05) is 44.0 Å². The van der Waals surface area contributed by atoms with Gasteiger partial charge in [0.1, 0.15) is 5.82 Å². The third-order valence-corrected chi connectivity index (χ3v) is 7.20. The molecular formula is C25H21BrFN3OS. The van der Waals surface area contributed by atoms with Crippen LogP contribution >= 0.6 is 27.7 Å². The van der Waals surface area contributed by atoms with Gasteiger partial charge in [-0.3, -0.25) is 10.2 Å². The van der Waals surface area contributed by atoms with Crippen LogP contribution in [0.15, 0.2) is 79.9 Å². The molecule has 4 nitrogen and oxygen atoms in total. The molecule has 0 atom stereocenters. The highest BCUT2D eigenvalue weighted by Crippen LogP contribution is 2.42. The van der Waals surface area contributed by atoms with E-state index in [1.807, 2.05) is 47.5 Å². The Morgan fingerprint density at radius 2 is 1.84 bits per heavy atom. The van der Waals surface area contributed by atoms with Crippen molar-refractivity contribution in [2.24, 2.45) is 4.99 Å². The fourth-order valence-corrected chi connectivity index (χ4v) is 5.40. The van der Waals surface area contributed by atoms with E-state index >= 15 is 0 Å². The first kappa shape index (κ1) is 21.4. The van der Waals surface area contributed by atoms with Gasteiger partial charge in [-0.1, -0.05) is 46.2 Å². The number of rotatable bonds is 3. The summed E-state index contributed by atoms with van der Waals surface area (Å²) in [6.45, 7) is 1.75. The minimum atomic E-state index is -0.286. The molecule has 3 aromatic carbocycles. The van der Waals surface area contributed by atoms with Gasteiger partial charge in [-0.25, -0.2) is 14.4 Å². The largest absolute Gasteiger partial charge is 0.285 e. The number of hydrogen-bond acceptors (Lipinski definition) is 4. The molecule has 32 heavy (non-hydrogen) atoms. The molecule has 2 heterocycles. The van der Waals surface area contributed by atoms with Crippen LogP contribution in [0.1, 0.15) is 40.7 Å². The molecule has 0 aliphatic carbocycles. The molecule has 1 N–H and O–H groups in total. The smallest absolute Gasteiger partial charge is 0.265 e. The fraction of sp³-hybridized carbons (Fsp3) is 0.200. The number of benzene rings is 3. The zero-order valence-electron chi connectivity index (χ0n) is 17.3. The van der Waals surface area contributed by atoms with Crippen LogP contribution in [0.3, 0.4) is 0 Å². The van der Waals surface area contributed by atoms with Crippen molar-refractivity contribution in [1.29, 1.82) is 0 Å². The number of hydrazine groups is 1. The molecule has 1 fully saturated rings. The molecule has 3 aromatic rings. The molecule has 2 aliphatic heterocycles. The summed E-state index contributed by atoms with van der Waals surface area (Å²) in [5.41, 5.74) is 6.81. The third kappa shape index (κ3) is 4.51. The van der Waals surface area contributed by atoms with Crippen LogP contribution in [0.2, 0.25) is 0 Å². The van der Waals surface area contributed by atoms with E-state index in [9.17, 15) is 9.18 Å². The molecule has 1 amide bonds. The second kappa shape index (κ2) is 9.17. The monoisotopic (exact) mass is 509 g/mol. The molecule has 1 saturated heterocycles. The summed E-state index contributed by atoms with van der Waals surface area (Å²) in [5.74, 6) is -0.419. The molecule has 0 unspecified atom stereocenters. The Balaban J connectivity index is 1.56. The van der Waals surface area contributed by atoms with E-state index in [-0.39, 0.29) is 11.7 Å². The van der Waals surface area contributed by atoms with E-state index in [0.717, 1.165) is 57.0 Å². The maximum absolute atomic E-state index is 14.1. The van der Waals surface area contributed by atoms with E-state index in [0.29, 0.717) is 11.3 Å². The van der Waals surface area contributed by atoms with Gasteiger partial charge in [-0.2, -0.15) is 0 Å². The Hall–Kier alpha value is -2.48. The van der Waals surface area contributed by atoms with Gasteiger partial charge in [-0.15, -0.1) is 0 Å². The van der Waals surface area contributed by atoms with Gasteiger partial charge in [0.05, 0.1) is 11.4 Å². The molecular weight excluding hydrogens is 489 g/mol. The SMILES string of the molecule is O=C(NN1CCCCC1)c1ccc2c(c1)N=C(c1cccc(Br)c1)c1ccc(F)cc1S2. The van der Waals surface area contributed by atoms with E-state index in [1.54, 1.807) is 12.1 Å². The summed E-state index contributed by atoms with van der Waals surface area (Å²) < 4.78 is 15.0. The fourth-order valence-electron chi connectivity index (χ4n) is 3.98. The second-order valence-corrected chi connectivity index (χ2v) is 9.88. The van der Waals surface area contributed by atoms with Crippen molar-refractivity contribution in [2.75, 3.05) is 13.1 Å². The number of piperidine rings is 1. The summed E-state index contributed by atoms with van der Waals surface area (Å²) in [4.78, 5) is 19.5. The van der Waals surface area contributed by atoms with Crippen molar-refractivity contribution < 1.29 is 9.18 Å². The highest BCUT2D eigenvalue weighted by Gasteiger charge is 2.21. The van der Waals surface area contributed by atoms with E-state index in [1.165, 1.54) is 24.2 Å². The number of aliphatic imine (C=N–C) groups is 1. The molecule has 0 bridgehead atoms. The first-order valence-corrected chi connectivity index (χ1v) is 12.2. The topological polar surface area (TPSA) is 44.7 Å². The Morgan fingerprint density at radius 1 is 1.00 bits per heavy atom. The van der Waals surface area contributed by atoms with Crippen molar-refractivity contribution in [3.05, 3.63) is 87.6 Å². The van der Waals surface area contributed by atoms with Gasteiger partial charge in [0.25, 0.3) is 5.91 Å². The third-order valence-electron chi connectivity index (χ3n) is 5.59. The highest BCUT2D eigenvalue weighted by molar-refractivity contribution is 9.10. The molecule has 2 aliphatic rings. The van der Waals surface area contributed by atoms with Crippen LogP contribution in [-0.2, 0) is 0 Å². The first-order chi connectivity index (χ1) is 15.6. The summed E-state index contributed by atoms with van der Waals surface area (Å²) in [7, 11) is 0. The van der Waals surface area contributed by atoms with Gasteiger partial charge >= 0.3 is 0 Å². The average Bonchev–Trinajstić information content (AvgIpc) is 2.95. The summed E-state index contributed by atoms with van der Waals surface area (Å²) >= 11 is 5.00. The van der Waals surface area contributed by atoms with Gasteiger partial charge in [-0.05, 0) is 61.4 Å². The number of nitrogens with one attached hydrogen (secondary N) is 1. The Kier molecular flexibility index (Phi) is 6.13. The number of nitrogens with zero attached hydrogens (tertiary/aromatic N) is 2. The van der Waals surface area contributed by atoms with Crippen molar-refractivity contribution in [3.63, 3.8) is 0 Å². The molecule has 0 aromatic heterocycles. The van der Waals surface area contributed by atoms with E-state index in [2.05, 4.69) is 21.4 Å². The van der Waals surface area contributed by atoms with Gasteiger partial charge < -0.3 is 0 Å². The summed E-state index contributed by atoms with van der Waals surface area (Å²) in [6.07, 6.45) is 3.39. The van der Waals surface area contributed by atoms with Crippen molar-refractivity contribution in [3.8, 4) is 0 Å². The van der Waals surface area contributed by atoms with Crippen molar-refractivity contribution in [1.82, 2.24) is 10.4 Å². The van der Waals surface area contributed by atoms with Crippen LogP contribution in [-0.4, -0.2) is 29.7 Å². The highest BCUT2D eigenvalue weighted by atomic mass is 79.9. The van der Waals surface area contributed by atoms with Gasteiger partial charge in [0.2, 0.25) is 0 Å². The van der Waals surface area contributed by atoms with Crippen LogP contribution in [0.25, 0.3) is 0 Å². The lowest BCUT2D eigenvalue weighted by Crippen LogP contribution is -2.45. The molecule has 0 spiro atoms. The van der Waals surface area contributed by atoms with Crippen LogP contribution < -0.4 is 5.43 Å². The lowest BCUT2D eigenvalue weighted by atomic mass is 10.0. The van der Waals surface area contributed by atoms with E-state index in [4.69, 9.17) is 4.99 Å². The average molecular weight is 510 g/mol. The molecule has 7 heteroatoms. The number of amides is 1. The number of fused-ring (bicyclic) bond motifs is 2. The predicted octanol–water partition coefficient (Wildman–Crippen LogP) is 6.35. The quantitative estimate of drug-likeness (QED) is 0.349. The number of hydrogen-bond donors (Lipinski definition) is 1. The zero-order valence-corrected chi connectivity index (χ0v) is 19.7. The Labute approximate surface area is 199 Å². The van der Waals surface area contributed by atoms with E-state index < -0.39 is 0 Å². The Morgan fingerprint density at radius 3 is 2.66 bits per heavy atom. The van der Waals surface area contributed by atoms with Crippen LogP contribution in [0, 0.1) is 5.82 Å². The first-order valence-electron chi connectivity index (χ1n) is 10.6. The van der Waals surface area contributed by atoms with Crippen molar-refractivity contribution >= 4 is 45.0 Å². The number of carbonyl (C=O) groups is 1. The lowest BCUT2D eigenvalue weighted by molar-refractivity contribution is 0.0750. The van der Waals surface area contributed by atoms with Crippen molar-refractivity contribution in [2.45, 2.75) is 29.1 Å². The minimum absolute atomic E-state index is 0.133. The molecule has 0 radical (unpaired) electrons. The lowest BCUT2D eigenvalue weighted by Gasteiger charge is -2.26. The summed E-state index contributed by atoms with van der Waals surface area (Å²) in [5, 5.41) is 1.99. The van der Waals surface area contributed by atoms with Gasteiger partial charge in [0.15, 0.2) is 0 Å². The Bertz CT molecular complexity index is 1220. The molecule has 162 valence electrons. The summed E-state index contributed by atoms with van der Waals surface area (Å²) in [6, 6.07) is 18.2. The second-order valence-electron chi connectivity index (χ2n) is 7.88. The molecule has 5 rings (SSSR count). The van der Waals surface area contributed by atoms with Crippen LogP contribution in [0.4, 0.5) is 10.1 Å². The zero-order chi connectivity index (χ0) is 22.1.